The minimum Gasteiger partial charge on any atom is -0.388 e. The summed E-state index contributed by atoms with van der Waals surface area (Å²) < 4.78 is 0. The number of primary amides is 1. The third kappa shape index (κ3) is 7.67. The van der Waals surface area contributed by atoms with Crippen LogP contribution in [0.25, 0.3) is 0 Å². The molecule has 206 valence electrons. The summed E-state index contributed by atoms with van der Waals surface area (Å²) in [5.41, 5.74) is 2.43. The van der Waals surface area contributed by atoms with Crippen molar-refractivity contribution in [2.75, 3.05) is 0 Å². The Labute approximate surface area is 215 Å². The average Bonchev–Trinajstić information content (AvgIpc) is 3.55. The Hall–Kier alpha value is -1.14. The summed E-state index contributed by atoms with van der Waals surface area (Å²) in [6.45, 7) is 16.7. The number of hydrogen-bond acceptors (Lipinski definition) is 4. The number of rotatable bonds is 18. The SMILES string of the molecule is CCCC(O)(CCC)[C@@H](CC(C)C)N(C(=O)C1(C(N)=O)CC1)[C@H](CC(C)C)C(O)(CCC)CCC. The summed E-state index contributed by atoms with van der Waals surface area (Å²) in [5, 5.41) is 24.4. The molecule has 1 fully saturated rings. The van der Waals surface area contributed by atoms with Crippen molar-refractivity contribution in [3.8, 4) is 0 Å². The van der Waals surface area contributed by atoms with E-state index >= 15 is 0 Å². The Morgan fingerprint density at radius 3 is 1.29 bits per heavy atom. The minimum absolute atomic E-state index is 0.226. The first-order valence-electron chi connectivity index (χ1n) is 14.4. The predicted molar refractivity (Wildman–Crippen MR) is 144 cm³/mol. The smallest absolute Gasteiger partial charge is 0.238 e. The van der Waals surface area contributed by atoms with Gasteiger partial charge in [-0.1, -0.05) is 81.1 Å². The fraction of sp³-hybridized carbons (Fsp3) is 0.931. The first-order valence-corrected chi connectivity index (χ1v) is 14.4. The summed E-state index contributed by atoms with van der Waals surface area (Å²) in [5.74, 6) is -0.408. The highest BCUT2D eigenvalue weighted by Crippen LogP contribution is 2.50. The van der Waals surface area contributed by atoms with Crippen LogP contribution < -0.4 is 5.73 Å². The summed E-state index contributed by atoms with van der Waals surface area (Å²) in [7, 11) is 0. The van der Waals surface area contributed by atoms with E-state index in [1.165, 1.54) is 0 Å². The Morgan fingerprint density at radius 1 is 0.771 bits per heavy atom. The Bertz CT molecular complexity index is 624. The van der Waals surface area contributed by atoms with E-state index in [1.54, 1.807) is 0 Å². The second kappa shape index (κ2) is 13.4. The number of nitrogens with two attached hydrogens (primary N) is 1. The first kappa shape index (κ1) is 31.9. The van der Waals surface area contributed by atoms with E-state index in [4.69, 9.17) is 5.73 Å². The molecule has 35 heavy (non-hydrogen) atoms. The molecule has 6 heteroatoms. The maximum atomic E-state index is 14.4. The van der Waals surface area contributed by atoms with Crippen molar-refractivity contribution >= 4 is 11.8 Å². The molecule has 6 nitrogen and oxygen atoms in total. The molecule has 0 spiro atoms. The lowest BCUT2D eigenvalue weighted by Gasteiger charge is -2.52. The molecule has 1 saturated carbocycles. The van der Waals surface area contributed by atoms with Crippen LogP contribution in [0.1, 0.15) is 132 Å². The zero-order valence-electron chi connectivity index (χ0n) is 24.0. The van der Waals surface area contributed by atoms with Crippen molar-refractivity contribution in [1.82, 2.24) is 4.90 Å². The van der Waals surface area contributed by atoms with Gasteiger partial charge in [0.05, 0.1) is 23.3 Å². The maximum Gasteiger partial charge on any atom is 0.238 e. The largest absolute Gasteiger partial charge is 0.388 e. The molecular formula is C29H56N2O4. The number of aliphatic hydroxyl groups is 2. The van der Waals surface area contributed by atoms with Crippen molar-refractivity contribution in [2.24, 2.45) is 23.0 Å². The highest BCUT2D eigenvalue weighted by Gasteiger charge is 2.61. The molecule has 1 rings (SSSR count). The lowest BCUT2D eigenvalue weighted by Crippen LogP contribution is -2.66. The summed E-state index contributed by atoms with van der Waals surface area (Å²) in [6.07, 6.45) is 7.54. The number of carbonyl (C=O) groups is 2. The van der Waals surface area contributed by atoms with E-state index in [1.807, 2.05) is 4.90 Å². The third-order valence-corrected chi connectivity index (χ3v) is 7.90. The lowest BCUT2D eigenvalue weighted by atomic mass is 9.74. The van der Waals surface area contributed by atoms with E-state index in [9.17, 15) is 19.8 Å². The van der Waals surface area contributed by atoms with Gasteiger partial charge in [0.1, 0.15) is 5.41 Å². The van der Waals surface area contributed by atoms with Gasteiger partial charge in [0.25, 0.3) is 0 Å². The Balaban J connectivity index is 3.90. The van der Waals surface area contributed by atoms with Crippen LogP contribution in [-0.4, -0.2) is 50.2 Å². The van der Waals surface area contributed by atoms with Crippen molar-refractivity contribution in [3.63, 3.8) is 0 Å². The molecular weight excluding hydrogens is 440 g/mol. The normalized spacial score (nSPS) is 17.5. The third-order valence-electron chi connectivity index (χ3n) is 7.90. The maximum absolute atomic E-state index is 14.4. The van der Waals surface area contributed by atoms with E-state index in [0.29, 0.717) is 51.4 Å². The van der Waals surface area contributed by atoms with Crippen LogP contribution in [0.4, 0.5) is 0 Å². The van der Waals surface area contributed by atoms with Gasteiger partial charge in [-0.05, 0) is 63.2 Å². The summed E-state index contributed by atoms with van der Waals surface area (Å²) in [6, 6.07) is -0.980. The molecule has 4 N–H and O–H groups in total. The van der Waals surface area contributed by atoms with Crippen LogP contribution in [-0.2, 0) is 9.59 Å². The van der Waals surface area contributed by atoms with Crippen molar-refractivity contribution < 1.29 is 19.8 Å². The first-order chi connectivity index (χ1) is 16.3. The molecule has 0 aliphatic heterocycles. The van der Waals surface area contributed by atoms with Crippen LogP contribution in [0.15, 0.2) is 0 Å². The number of nitrogens with zero attached hydrogens (tertiary/aromatic N) is 1. The van der Waals surface area contributed by atoms with Crippen LogP contribution in [0.5, 0.6) is 0 Å². The minimum atomic E-state index is -1.21. The van der Waals surface area contributed by atoms with Gasteiger partial charge in [0, 0.05) is 0 Å². The zero-order chi connectivity index (χ0) is 27.0. The van der Waals surface area contributed by atoms with Gasteiger partial charge in [-0.3, -0.25) is 9.59 Å². The highest BCUT2D eigenvalue weighted by atomic mass is 16.3. The van der Waals surface area contributed by atoms with Crippen LogP contribution in [0, 0.1) is 17.3 Å². The average molecular weight is 497 g/mol. The molecule has 0 bridgehead atoms. The van der Waals surface area contributed by atoms with E-state index in [-0.39, 0.29) is 17.7 Å². The van der Waals surface area contributed by atoms with Crippen molar-refractivity contribution in [3.05, 3.63) is 0 Å². The fourth-order valence-electron chi connectivity index (χ4n) is 6.16. The fourth-order valence-corrected chi connectivity index (χ4v) is 6.16. The monoisotopic (exact) mass is 496 g/mol. The molecule has 0 aromatic heterocycles. The topological polar surface area (TPSA) is 104 Å². The van der Waals surface area contributed by atoms with E-state index in [0.717, 1.165) is 25.7 Å². The van der Waals surface area contributed by atoms with Crippen LogP contribution in [0.3, 0.4) is 0 Å². The number of amides is 2. The number of hydrogen-bond donors (Lipinski definition) is 3. The van der Waals surface area contributed by atoms with E-state index < -0.39 is 34.6 Å². The Kier molecular flexibility index (Phi) is 12.2. The molecule has 0 heterocycles. The number of carbonyl (C=O) groups excluding carboxylic acids is 2. The van der Waals surface area contributed by atoms with Gasteiger partial charge in [0.2, 0.25) is 11.8 Å². The molecule has 0 aromatic carbocycles. The van der Waals surface area contributed by atoms with Gasteiger partial charge in [-0.2, -0.15) is 0 Å². The molecule has 0 unspecified atom stereocenters. The van der Waals surface area contributed by atoms with Crippen molar-refractivity contribution in [1.29, 1.82) is 0 Å². The Morgan fingerprint density at radius 2 is 1.09 bits per heavy atom. The van der Waals surface area contributed by atoms with Gasteiger partial charge >= 0.3 is 0 Å². The molecule has 2 atom stereocenters. The van der Waals surface area contributed by atoms with Gasteiger partial charge in [-0.25, -0.2) is 0 Å². The quantitative estimate of drug-likeness (QED) is 0.216. The van der Waals surface area contributed by atoms with Gasteiger partial charge < -0.3 is 20.8 Å². The standard InChI is InChI=1S/C29H56N2O4/c1-9-13-28(34,14-10-2)23(19-21(5)6)31(26(33)27(17-18-27)25(30)32)24(20-22(7)8)29(35,15-11-3)16-12-4/h21-24,34-35H,9-20H2,1-8H3,(H2,30,32)/t23-,24-/m1/s1. The molecule has 2 amide bonds. The molecule has 0 saturated heterocycles. The van der Waals surface area contributed by atoms with Gasteiger partial charge in [-0.15, -0.1) is 0 Å². The molecule has 1 aliphatic carbocycles. The molecule has 1 aliphatic rings. The predicted octanol–water partition coefficient (Wildman–Crippen LogP) is 5.57. The summed E-state index contributed by atoms with van der Waals surface area (Å²) >= 11 is 0. The molecule has 0 radical (unpaired) electrons. The second-order valence-corrected chi connectivity index (χ2v) is 12.2. The van der Waals surface area contributed by atoms with Crippen LogP contribution >= 0.6 is 0 Å². The molecule has 0 aromatic rings. The zero-order valence-corrected chi connectivity index (χ0v) is 24.0. The van der Waals surface area contributed by atoms with Crippen molar-refractivity contribution in [2.45, 2.75) is 156 Å². The summed E-state index contributed by atoms with van der Waals surface area (Å²) in [4.78, 5) is 28.8. The van der Waals surface area contributed by atoms with Gasteiger partial charge in [0.15, 0.2) is 0 Å². The lowest BCUT2D eigenvalue weighted by molar-refractivity contribution is -0.171. The highest BCUT2D eigenvalue weighted by molar-refractivity contribution is 6.07. The van der Waals surface area contributed by atoms with E-state index in [2.05, 4.69) is 55.4 Å². The second-order valence-electron chi connectivity index (χ2n) is 12.2. The van der Waals surface area contributed by atoms with Crippen LogP contribution in [0.2, 0.25) is 0 Å².